The fourth-order valence-electron chi connectivity index (χ4n) is 2.59. The average Bonchev–Trinajstić information content (AvgIpc) is 2.39. The van der Waals surface area contributed by atoms with Gasteiger partial charge in [0.15, 0.2) is 0 Å². The molecule has 2 heteroatoms. The van der Waals surface area contributed by atoms with Crippen LogP contribution in [0.1, 0.15) is 44.7 Å². The summed E-state index contributed by atoms with van der Waals surface area (Å²) in [7, 11) is 0. The minimum absolute atomic E-state index is 0.226. The molecule has 0 N–H and O–H groups in total. The summed E-state index contributed by atoms with van der Waals surface area (Å²) in [5, 5.41) is 8.91. The van der Waals surface area contributed by atoms with E-state index in [1.165, 1.54) is 11.1 Å². The molecule has 0 bridgehead atoms. The van der Waals surface area contributed by atoms with Gasteiger partial charge in [-0.1, -0.05) is 45.0 Å². The number of nitriles is 1. The molecular weight excluding hydrogens is 232 g/mol. The van der Waals surface area contributed by atoms with Crippen LogP contribution < -0.4 is 0 Å². The van der Waals surface area contributed by atoms with Gasteiger partial charge in [0.05, 0.1) is 6.07 Å². The molecule has 0 aliphatic carbocycles. The van der Waals surface area contributed by atoms with Crippen molar-refractivity contribution in [3.05, 3.63) is 35.4 Å². The molecule has 1 aromatic carbocycles. The fraction of sp³-hybridized carbons (Fsp3) is 0.588. The Bertz CT molecular complexity index is 440. The number of nitrogens with zero attached hydrogens (tertiary/aromatic N) is 2. The Morgan fingerprint density at radius 2 is 1.74 bits per heavy atom. The fourth-order valence-corrected chi connectivity index (χ4v) is 2.59. The van der Waals surface area contributed by atoms with Gasteiger partial charge in [0, 0.05) is 12.5 Å². The van der Waals surface area contributed by atoms with Gasteiger partial charge in [0.1, 0.15) is 0 Å². The number of hydrogen-bond donors (Lipinski definition) is 0. The second kappa shape index (κ2) is 5.75. The van der Waals surface area contributed by atoms with Crippen molar-refractivity contribution >= 4 is 0 Å². The van der Waals surface area contributed by atoms with Crippen LogP contribution in [0.5, 0.6) is 0 Å². The van der Waals surface area contributed by atoms with E-state index < -0.39 is 0 Å². The quantitative estimate of drug-likeness (QED) is 0.806. The van der Waals surface area contributed by atoms with Gasteiger partial charge in [-0.2, -0.15) is 5.26 Å². The van der Waals surface area contributed by atoms with Gasteiger partial charge >= 0.3 is 0 Å². The third kappa shape index (κ3) is 3.81. The second-order valence-corrected chi connectivity index (χ2v) is 6.63. The number of likely N-dealkylation sites (tertiary alicyclic amines) is 1. The maximum Gasteiger partial charge on any atom is 0.0656 e. The zero-order valence-corrected chi connectivity index (χ0v) is 12.3. The summed E-state index contributed by atoms with van der Waals surface area (Å²) in [6.45, 7) is 9.86. The Kier molecular flexibility index (Phi) is 4.27. The minimum Gasteiger partial charge on any atom is -0.299 e. The molecule has 1 aliphatic heterocycles. The lowest BCUT2D eigenvalue weighted by Gasteiger charge is -2.29. The molecule has 1 aliphatic rings. The molecular formula is C17H24N2. The molecule has 0 aromatic heterocycles. The first-order valence-electron chi connectivity index (χ1n) is 7.20. The van der Waals surface area contributed by atoms with Crippen molar-refractivity contribution in [2.45, 2.75) is 45.6 Å². The van der Waals surface area contributed by atoms with Gasteiger partial charge in [-0.15, -0.1) is 0 Å². The van der Waals surface area contributed by atoms with Crippen molar-refractivity contribution in [2.24, 2.45) is 5.92 Å². The summed E-state index contributed by atoms with van der Waals surface area (Å²) in [5.74, 6) is 0.277. The number of rotatable bonds is 2. The van der Waals surface area contributed by atoms with Crippen LogP contribution in [0.25, 0.3) is 0 Å². The maximum absolute atomic E-state index is 8.91. The molecule has 2 nitrogen and oxygen atoms in total. The molecule has 0 saturated carbocycles. The SMILES string of the molecule is CC(C)(C)c1ccc(CN2CCC(C#N)CC2)cc1. The molecule has 1 saturated heterocycles. The maximum atomic E-state index is 8.91. The van der Waals surface area contributed by atoms with Crippen LogP contribution in [-0.2, 0) is 12.0 Å². The summed E-state index contributed by atoms with van der Waals surface area (Å²) in [4.78, 5) is 2.46. The van der Waals surface area contributed by atoms with Crippen molar-refractivity contribution in [1.29, 1.82) is 5.26 Å². The Labute approximate surface area is 117 Å². The minimum atomic E-state index is 0.226. The first kappa shape index (κ1) is 14.1. The van der Waals surface area contributed by atoms with Crippen molar-refractivity contribution < 1.29 is 0 Å². The second-order valence-electron chi connectivity index (χ2n) is 6.63. The average molecular weight is 256 g/mol. The van der Waals surface area contributed by atoms with Gasteiger partial charge in [-0.3, -0.25) is 4.90 Å². The van der Waals surface area contributed by atoms with Gasteiger partial charge in [0.2, 0.25) is 0 Å². The Morgan fingerprint density at radius 3 is 2.21 bits per heavy atom. The monoisotopic (exact) mass is 256 g/mol. The molecule has 19 heavy (non-hydrogen) atoms. The third-order valence-corrected chi connectivity index (χ3v) is 4.00. The van der Waals surface area contributed by atoms with E-state index in [0.29, 0.717) is 0 Å². The van der Waals surface area contributed by atoms with Crippen LogP contribution >= 0.6 is 0 Å². The van der Waals surface area contributed by atoms with Gasteiger partial charge in [-0.25, -0.2) is 0 Å². The highest BCUT2D eigenvalue weighted by Crippen LogP contribution is 2.23. The van der Waals surface area contributed by atoms with E-state index in [9.17, 15) is 0 Å². The predicted molar refractivity (Wildman–Crippen MR) is 78.8 cm³/mol. The predicted octanol–water partition coefficient (Wildman–Crippen LogP) is 3.72. The highest BCUT2D eigenvalue weighted by molar-refractivity contribution is 5.27. The van der Waals surface area contributed by atoms with E-state index in [-0.39, 0.29) is 11.3 Å². The first-order chi connectivity index (χ1) is 8.99. The summed E-state index contributed by atoms with van der Waals surface area (Å²) < 4.78 is 0. The number of benzene rings is 1. The van der Waals surface area contributed by atoms with Gasteiger partial charge in [-0.05, 0) is 42.5 Å². The lowest BCUT2D eigenvalue weighted by Crippen LogP contribution is -2.32. The molecule has 102 valence electrons. The Balaban J connectivity index is 1.92. The lowest BCUT2D eigenvalue weighted by atomic mass is 9.86. The molecule has 1 aromatic rings. The van der Waals surface area contributed by atoms with Crippen LogP contribution in [0, 0.1) is 17.2 Å². The molecule has 1 heterocycles. The topological polar surface area (TPSA) is 27.0 Å². The van der Waals surface area contributed by atoms with E-state index in [0.717, 1.165) is 32.5 Å². The Hall–Kier alpha value is -1.33. The molecule has 0 radical (unpaired) electrons. The number of piperidine rings is 1. The standard InChI is InChI=1S/C17H24N2/c1-17(2,3)16-6-4-15(5-7-16)13-19-10-8-14(12-18)9-11-19/h4-7,14H,8-11,13H2,1-3H3. The summed E-state index contributed by atoms with van der Waals surface area (Å²) in [6, 6.07) is 11.4. The number of hydrogen-bond acceptors (Lipinski definition) is 2. The van der Waals surface area contributed by atoms with Crippen LogP contribution in [0.2, 0.25) is 0 Å². The molecule has 2 rings (SSSR count). The van der Waals surface area contributed by atoms with Crippen molar-refractivity contribution in [3.8, 4) is 6.07 Å². The summed E-state index contributed by atoms with van der Waals surface area (Å²) in [5.41, 5.74) is 2.99. The molecule has 0 spiro atoms. The molecule has 0 amide bonds. The highest BCUT2D eigenvalue weighted by atomic mass is 15.1. The zero-order valence-electron chi connectivity index (χ0n) is 12.3. The van der Waals surface area contributed by atoms with E-state index in [4.69, 9.17) is 5.26 Å². The van der Waals surface area contributed by atoms with Crippen molar-refractivity contribution in [1.82, 2.24) is 4.90 Å². The van der Waals surface area contributed by atoms with E-state index in [1.807, 2.05) is 0 Å². The Morgan fingerprint density at radius 1 is 1.16 bits per heavy atom. The third-order valence-electron chi connectivity index (χ3n) is 4.00. The van der Waals surface area contributed by atoms with Crippen LogP contribution in [-0.4, -0.2) is 18.0 Å². The van der Waals surface area contributed by atoms with Crippen LogP contribution in [0.15, 0.2) is 24.3 Å². The molecule has 0 unspecified atom stereocenters. The van der Waals surface area contributed by atoms with E-state index in [2.05, 4.69) is 56.0 Å². The smallest absolute Gasteiger partial charge is 0.0656 e. The lowest BCUT2D eigenvalue weighted by molar-refractivity contribution is 0.198. The van der Waals surface area contributed by atoms with Gasteiger partial charge < -0.3 is 0 Å². The van der Waals surface area contributed by atoms with Crippen molar-refractivity contribution in [2.75, 3.05) is 13.1 Å². The van der Waals surface area contributed by atoms with E-state index >= 15 is 0 Å². The summed E-state index contributed by atoms with van der Waals surface area (Å²) in [6.07, 6.45) is 2.05. The van der Waals surface area contributed by atoms with E-state index in [1.54, 1.807) is 0 Å². The first-order valence-corrected chi connectivity index (χ1v) is 7.20. The highest BCUT2D eigenvalue weighted by Gasteiger charge is 2.19. The van der Waals surface area contributed by atoms with Crippen LogP contribution in [0.3, 0.4) is 0 Å². The van der Waals surface area contributed by atoms with Crippen molar-refractivity contribution in [3.63, 3.8) is 0 Å². The van der Waals surface area contributed by atoms with Gasteiger partial charge in [0.25, 0.3) is 0 Å². The normalized spacial score (nSPS) is 18.2. The molecule has 0 atom stereocenters. The zero-order chi connectivity index (χ0) is 13.9. The largest absolute Gasteiger partial charge is 0.299 e. The summed E-state index contributed by atoms with van der Waals surface area (Å²) >= 11 is 0. The molecule has 1 fully saturated rings. The van der Waals surface area contributed by atoms with Crippen LogP contribution in [0.4, 0.5) is 0 Å².